The molecule has 0 unspecified atom stereocenters. The minimum Gasteiger partial charge on any atom is -0.344 e. The fraction of sp³-hybridized carbons (Fsp3) is 0.833. The maximum atomic E-state index is 12.2. The van der Waals surface area contributed by atoms with E-state index in [0.717, 1.165) is 38.9 Å². The van der Waals surface area contributed by atoms with Gasteiger partial charge in [0, 0.05) is 33.2 Å². The second kappa shape index (κ2) is 5.38. The summed E-state index contributed by atoms with van der Waals surface area (Å²) >= 11 is 0. The molecule has 2 aliphatic rings. The van der Waals surface area contributed by atoms with Crippen LogP contribution in [0.5, 0.6) is 0 Å². The molecule has 2 aliphatic heterocycles. The number of amides is 3. The zero-order valence-corrected chi connectivity index (χ0v) is 10.5. The molecule has 0 saturated carbocycles. The van der Waals surface area contributed by atoms with E-state index in [1.807, 2.05) is 4.90 Å². The van der Waals surface area contributed by atoms with Gasteiger partial charge in [-0.3, -0.25) is 4.79 Å². The van der Waals surface area contributed by atoms with Crippen LogP contribution in [0, 0.1) is 0 Å². The number of urea groups is 1. The van der Waals surface area contributed by atoms with Crippen LogP contribution in [0.15, 0.2) is 0 Å². The molecular weight excluding hydrogens is 218 g/mol. The van der Waals surface area contributed by atoms with E-state index in [9.17, 15) is 9.59 Å². The van der Waals surface area contributed by atoms with E-state index in [2.05, 4.69) is 0 Å². The summed E-state index contributed by atoms with van der Waals surface area (Å²) in [6, 6.07) is 0.0494. The van der Waals surface area contributed by atoms with E-state index in [1.54, 1.807) is 16.8 Å². The van der Waals surface area contributed by atoms with Gasteiger partial charge in [0.05, 0.1) is 0 Å². The molecule has 2 fully saturated rings. The van der Waals surface area contributed by atoms with E-state index in [0.29, 0.717) is 6.54 Å². The summed E-state index contributed by atoms with van der Waals surface area (Å²) in [7, 11) is 1.80. The Morgan fingerprint density at radius 1 is 0.941 bits per heavy atom. The lowest BCUT2D eigenvalue weighted by molar-refractivity contribution is -0.129. The molecule has 0 aromatic carbocycles. The Kier molecular flexibility index (Phi) is 3.86. The van der Waals surface area contributed by atoms with Crippen molar-refractivity contribution in [2.45, 2.75) is 25.7 Å². The van der Waals surface area contributed by atoms with Crippen LogP contribution in [0.1, 0.15) is 25.7 Å². The Morgan fingerprint density at radius 2 is 1.59 bits per heavy atom. The van der Waals surface area contributed by atoms with Gasteiger partial charge in [0.15, 0.2) is 0 Å². The van der Waals surface area contributed by atoms with Gasteiger partial charge in [-0.15, -0.1) is 0 Å². The van der Waals surface area contributed by atoms with Crippen LogP contribution in [-0.4, -0.2) is 66.4 Å². The summed E-state index contributed by atoms with van der Waals surface area (Å²) in [5, 5.41) is 0. The van der Waals surface area contributed by atoms with Crippen molar-refractivity contribution in [3.63, 3.8) is 0 Å². The Balaban J connectivity index is 1.95. The van der Waals surface area contributed by atoms with Crippen molar-refractivity contribution in [1.82, 2.24) is 14.7 Å². The van der Waals surface area contributed by atoms with Gasteiger partial charge in [-0.05, 0) is 25.7 Å². The smallest absolute Gasteiger partial charge is 0.320 e. The summed E-state index contributed by atoms with van der Waals surface area (Å²) < 4.78 is 0. The normalized spacial score (nSPS) is 22.6. The number of hydrogen-bond acceptors (Lipinski definition) is 2. The van der Waals surface area contributed by atoms with Crippen molar-refractivity contribution in [1.29, 1.82) is 0 Å². The highest BCUT2D eigenvalue weighted by Gasteiger charge is 2.27. The highest BCUT2D eigenvalue weighted by atomic mass is 16.2. The van der Waals surface area contributed by atoms with Crippen molar-refractivity contribution in [3.05, 3.63) is 0 Å². The molecule has 0 spiro atoms. The van der Waals surface area contributed by atoms with E-state index in [-0.39, 0.29) is 18.5 Å². The molecule has 5 nitrogen and oxygen atoms in total. The average molecular weight is 239 g/mol. The zero-order valence-electron chi connectivity index (χ0n) is 10.5. The molecule has 2 rings (SSSR count). The first kappa shape index (κ1) is 12.2. The fourth-order valence-corrected chi connectivity index (χ4v) is 2.43. The molecule has 3 amide bonds. The third kappa shape index (κ3) is 2.90. The topological polar surface area (TPSA) is 43.9 Å². The predicted octanol–water partition coefficient (Wildman–Crippen LogP) is 0.756. The third-order valence-corrected chi connectivity index (χ3v) is 3.57. The lowest BCUT2D eigenvalue weighted by Gasteiger charge is -2.32. The molecule has 2 heterocycles. The molecule has 96 valence electrons. The molecule has 0 bridgehead atoms. The number of carbonyl (C=O) groups excluding carboxylic acids is 2. The van der Waals surface area contributed by atoms with Crippen LogP contribution < -0.4 is 0 Å². The number of likely N-dealkylation sites (N-methyl/N-ethyl adjacent to an activating group) is 1. The van der Waals surface area contributed by atoms with Crippen molar-refractivity contribution >= 4 is 11.9 Å². The molecule has 0 aromatic rings. The molecule has 0 N–H and O–H groups in total. The minimum absolute atomic E-state index is 0.0489. The highest BCUT2D eigenvalue weighted by molar-refractivity contribution is 5.84. The lowest BCUT2D eigenvalue weighted by Crippen LogP contribution is -2.47. The van der Waals surface area contributed by atoms with Gasteiger partial charge >= 0.3 is 6.03 Å². The Morgan fingerprint density at radius 3 is 2.29 bits per heavy atom. The molecule has 2 saturated heterocycles. The lowest BCUT2D eigenvalue weighted by atomic mass is 10.1. The first-order valence-corrected chi connectivity index (χ1v) is 6.46. The summed E-state index contributed by atoms with van der Waals surface area (Å²) in [5.41, 5.74) is 0. The Bertz CT molecular complexity index is 300. The Hall–Kier alpha value is -1.26. The number of rotatable bonds is 0. The second-order valence-electron chi connectivity index (χ2n) is 4.92. The van der Waals surface area contributed by atoms with Crippen LogP contribution in [0.2, 0.25) is 0 Å². The van der Waals surface area contributed by atoms with Gasteiger partial charge in [0.1, 0.15) is 6.54 Å². The van der Waals surface area contributed by atoms with E-state index < -0.39 is 0 Å². The molecule has 0 aliphatic carbocycles. The second-order valence-corrected chi connectivity index (χ2v) is 4.92. The van der Waals surface area contributed by atoms with Gasteiger partial charge in [0.25, 0.3) is 0 Å². The summed E-state index contributed by atoms with van der Waals surface area (Å²) in [6.07, 6.45) is 4.27. The first-order chi connectivity index (χ1) is 8.18. The van der Waals surface area contributed by atoms with E-state index >= 15 is 0 Å². The molecule has 0 radical (unpaired) electrons. The van der Waals surface area contributed by atoms with Crippen LogP contribution >= 0.6 is 0 Å². The van der Waals surface area contributed by atoms with E-state index in [4.69, 9.17) is 0 Å². The third-order valence-electron chi connectivity index (χ3n) is 3.57. The average Bonchev–Trinajstić information content (AvgIpc) is 2.52. The van der Waals surface area contributed by atoms with Gasteiger partial charge in [-0.2, -0.15) is 0 Å². The van der Waals surface area contributed by atoms with Crippen LogP contribution in [-0.2, 0) is 4.79 Å². The first-order valence-electron chi connectivity index (χ1n) is 6.46. The Labute approximate surface area is 102 Å². The summed E-state index contributed by atoms with van der Waals surface area (Å²) in [5.74, 6) is 0.0489. The molecular formula is C12H21N3O2. The van der Waals surface area contributed by atoms with Crippen molar-refractivity contribution in [2.24, 2.45) is 0 Å². The standard InChI is InChI=1S/C12H21N3O2/c1-13-6-5-9-15(10-11(13)16)12(17)14-7-3-2-4-8-14/h2-10H2,1H3. The van der Waals surface area contributed by atoms with Gasteiger partial charge in [0.2, 0.25) is 5.91 Å². The number of hydrogen-bond donors (Lipinski definition) is 0. The monoisotopic (exact) mass is 239 g/mol. The fourth-order valence-electron chi connectivity index (χ4n) is 2.43. The maximum Gasteiger partial charge on any atom is 0.320 e. The predicted molar refractivity (Wildman–Crippen MR) is 64.6 cm³/mol. The van der Waals surface area contributed by atoms with Crippen LogP contribution in [0.4, 0.5) is 4.79 Å². The number of piperidine rings is 1. The van der Waals surface area contributed by atoms with Crippen molar-refractivity contribution < 1.29 is 9.59 Å². The van der Waals surface area contributed by atoms with Crippen molar-refractivity contribution in [2.75, 3.05) is 39.8 Å². The molecule has 5 heteroatoms. The SMILES string of the molecule is CN1CCCN(C(=O)N2CCCCC2)CC1=O. The number of carbonyl (C=O) groups is 2. The summed E-state index contributed by atoms with van der Waals surface area (Å²) in [4.78, 5) is 29.3. The number of nitrogens with zero attached hydrogens (tertiary/aromatic N) is 3. The van der Waals surface area contributed by atoms with Gasteiger partial charge < -0.3 is 14.7 Å². The molecule has 17 heavy (non-hydrogen) atoms. The van der Waals surface area contributed by atoms with Crippen LogP contribution in [0.3, 0.4) is 0 Å². The van der Waals surface area contributed by atoms with Crippen LogP contribution in [0.25, 0.3) is 0 Å². The summed E-state index contributed by atoms with van der Waals surface area (Å²) in [6.45, 7) is 3.39. The quantitative estimate of drug-likeness (QED) is 0.626. The van der Waals surface area contributed by atoms with E-state index in [1.165, 1.54) is 6.42 Å². The molecule has 0 atom stereocenters. The number of likely N-dealkylation sites (tertiary alicyclic amines) is 1. The van der Waals surface area contributed by atoms with Crippen molar-refractivity contribution in [3.8, 4) is 0 Å². The van der Waals surface area contributed by atoms with Gasteiger partial charge in [-0.1, -0.05) is 0 Å². The van der Waals surface area contributed by atoms with Gasteiger partial charge in [-0.25, -0.2) is 4.79 Å². The molecule has 0 aromatic heterocycles. The minimum atomic E-state index is 0.0489. The highest BCUT2D eigenvalue weighted by Crippen LogP contribution is 2.13. The largest absolute Gasteiger partial charge is 0.344 e. The zero-order chi connectivity index (χ0) is 12.3. The maximum absolute atomic E-state index is 12.2.